The highest BCUT2D eigenvalue weighted by molar-refractivity contribution is 7.09. The lowest BCUT2D eigenvalue weighted by atomic mass is 10.2. The van der Waals surface area contributed by atoms with Gasteiger partial charge in [0, 0.05) is 30.6 Å². The van der Waals surface area contributed by atoms with Gasteiger partial charge in [0.1, 0.15) is 5.60 Å². The molecule has 1 amide bonds. The van der Waals surface area contributed by atoms with Gasteiger partial charge in [0.05, 0.1) is 17.8 Å². The molecule has 1 aromatic rings. The normalized spacial score (nSPS) is 13.0. The first-order valence-electron chi connectivity index (χ1n) is 7.48. The molecule has 126 valence electrons. The summed E-state index contributed by atoms with van der Waals surface area (Å²) in [6.45, 7) is 11.8. The van der Waals surface area contributed by atoms with Crippen LogP contribution < -0.4 is 10.6 Å². The van der Waals surface area contributed by atoms with Crippen molar-refractivity contribution < 1.29 is 14.3 Å². The predicted octanol–water partition coefficient (Wildman–Crippen LogP) is 2.47. The van der Waals surface area contributed by atoms with Gasteiger partial charge in [-0.1, -0.05) is 0 Å². The van der Waals surface area contributed by atoms with Gasteiger partial charge in [0.2, 0.25) is 0 Å². The minimum absolute atomic E-state index is 0.0222. The van der Waals surface area contributed by atoms with Crippen molar-refractivity contribution in [2.75, 3.05) is 19.8 Å². The van der Waals surface area contributed by atoms with Crippen molar-refractivity contribution in [1.29, 1.82) is 0 Å². The van der Waals surface area contributed by atoms with Gasteiger partial charge < -0.3 is 20.1 Å². The van der Waals surface area contributed by atoms with Gasteiger partial charge >= 0.3 is 6.09 Å². The van der Waals surface area contributed by atoms with Crippen molar-refractivity contribution >= 4 is 17.4 Å². The van der Waals surface area contributed by atoms with Crippen LogP contribution >= 0.6 is 11.3 Å². The molecule has 0 fully saturated rings. The second-order valence-corrected chi connectivity index (χ2v) is 6.92. The van der Waals surface area contributed by atoms with Crippen LogP contribution in [0.2, 0.25) is 0 Å². The van der Waals surface area contributed by atoms with Crippen molar-refractivity contribution in [3.8, 4) is 0 Å². The van der Waals surface area contributed by atoms with Crippen LogP contribution in [0.3, 0.4) is 0 Å². The maximum atomic E-state index is 11.7. The van der Waals surface area contributed by atoms with Gasteiger partial charge in [-0.15, -0.1) is 11.3 Å². The highest BCUT2D eigenvalue weighted by Crippen LogP contribution is 2.11. The molecule has 7 heteroatoms. The zero-order valence-electron chi connectivity index (χ0n) is 14.1. The van der Waals surface area contributed by atoms with Crippen molar-refractivity contribution in [3.63, 3.8) is 0 Å². The molecular weight excluding hydrogens is 302 g/mol. The van der Waals surface area contributed by atoms with Crippen molar-refractivity contribution in [3.05, 3.63) is 16.1 Å². The lowest BCUT2D eigenvalue weighted by molar-refractivity contribution is 0.0508. The number of carbonyl (C=O) groups is 1. The zero-order chi connectivity index (χ0) is 16.6. The fourth-order valence-electron chi connectivity index (χ4n) is 1.70. The van der Waals surface area contributed by atoms with Crippen LogP contribution in [0.15, 0.2) is 5.51 Å². The van der Waals surface area contributed by atoms with E-state index in [1.807, 2.05) is 40.1 Å². The van der Waals surface area contributed by atoms with Gasteiger partial charge in [-0.05, 0) is 34.6 Å². The summed E-state index contributed by atoms with van der Waals surface area (Å²) in [6, 6.07) is 0.0222. The first kappa shape index (κ1) is 18.9. The maximum Gasteiger partial charge on any atom is 0.407 e. The van der Waals surface area contributed by atoms with E-state index >= 15 is 0 Å². The molecule has 0 aliphatic carbocycles. The van der Waals surface area contributed by atoms with E-state index in [4.69, 9.17) is 9.47 Å². The number of carbonyl (C=O) groups excluding carboxylic acids is 1. The number of amides is 1. The Balaban J connectivity index is 2.43. The van der Waals surface area contributed by atoms with E-state index in [9.17, 15) is 4.79 Å². The van der Waals surface area contributed by atoms with Crippen LogP contribution in [0.5, 0.6) is 0 Å². The third kappa shape index (κ3) is 7.72. The molecule has 0 saturated heterocycles. The molecule has 0 radical (unpaired) electrons. The Morgan fingerprint density at radius 1 is 1.45 bits per heavy atom. The molecule has 0 spiro atoms. The predicted molar refractivity (Wildman–Crippen MR) is 88.2 cm³/mol. The number of nitrogens with zero attached hydrogens (tertiary/aromatic N) is 1. The fraction of sp³-hybridized carbons (Fsp3) is 0.733. The summed E-state index contributed by atoms with van der Waals surface area (Å²) in [5, 5.41) is 6.17. The summed E-state index contributed by atoms with van der Waals surface area (Å²) < 4.78 is 10.7. The minimum Gasteiger partial charge on any atom is -0.444 e. The van der Waals surface area contributed by atoms with E-state index < -0.39 is 11.7 Å². The highest BCUT2D eigenvalue weighted by atomic mass is 32.1. The number of ether oxygens (including phenoxy) is 2. The number of nitrogens with one attached hydrogen (secondary N) is 2. The maximum absolute atomic E-state index is 11.7. The smallest absolute Gasteiger partial charge is 0.407 e. The van der Waals surface area contributed by atoms with Crippen LogP contribution in [0.4, 0.5) is 4.79 Å². The second-order valence-electron chi connectivity index (χ2n) is 5.98. The molecule has 6 nitrogen and oxygen atoms in total. The molecule has 0 aliphatic heterocycles. The Kier molecular flexibility index (Phi) is 7.78. The van der Waals surface area contributed by atoms with Crippen molar-refractivity contribution in [2.45, 2.75) is 52.8 Å². The molecule has 0 aromatic carbocycles. The van der Waals surface area contributed by atoms with Gasteiger partial charge in [0.25, 0.3) is 0 Å². The first-order valence-corrected chi connectivity index (χ1v) is 8.36. The lowest BCUT2D eigenvalue weighted by Crippen LogP contribution is -2.44. The third-order valence-electron chi connectivity index (χ3n) is 2.81. The topological polar surface area (TPSA) is 72.5 Å². The van der Waals surface area contributed by atoms with E-state index in [0.717, 1.165) is 5.69 Å². The SMILES string of the molecule is CCOCC(CNC(=O)OC(C)(C)C)NCc1scnc1C. The van der Waals surface area contributed by atoms with E-state index in [1.165, 1.54) is 4.88 Å². The monoisotopic (exact) mass is 329 g/mol. The Labute approximate surface area is 136 Å². The van der Waals surface area contributed by atoms with Crippen LogP contribution in [0, 0.1) is 6.92 Å². The van der Waals surface area contributed by atoms with Crippen molar-refractivity contribution in [1.82, 2.24) is 15.6 Å². The third-order valence-corrected chi connectivity index (χ3v) is 3.75. The van der Waals surface area contributed by atoms with E-state index in [-0.39, 0.29) is 6.04 Å². The average molecular weight is 329 g/mol. The summed E-state index contributed by atoms with van der Waals surface area (Å²) in [7, 11) is 0. The van der Waals surface area contributed by atoms with E-state index in [0.29, 0.717) is 26.3 Å². The van der Waals surface area contributed by atoms with Gasteiger partial charge in [-0.2, -0.15) is 0 Å². The van der Waals surface area contributed by atoms with Gasteiger partial charge in [0.15, 0.2) is 0 Å². The van der Waals surface area contributed by atoms with Crippen LogP contribution in [-0.2, 0) is 16.0 Å². The number of hydrogen-bond donors (Lipinski definition) is 2. The molecule has 0 bridgehead atoms. The quantitative estimate of drug-likeness (QED) is 0.766. The average Bonchev–Trinajstić information content (AvgIpc) is 2.81. The Morgan fingerprint density at radius 3 is 2.73 bits per heavy atom. The van der Waals surface area contributed by atoms with Crippen LogP contribution in [-0.4, -0.2) is 42.5 Å². The summed E-state index contributed by atoms with van der Waals surface area (Å²) in [4.78, 5) is 17.1. The zero-order valence-corrected chi connectivity index (χ0v) is 14.9. The Hall–Kier alpha value is -1.18. The highest BCUT2D eigenvalue weighted by Gasteiger charge is 2.17. The largest absolute Gasteiger partial charge is 0.444 e. The number of aryl methyl sites for hydroxylation is 1. The number of thiazole rings is 1. The Bertz CT molecular complexity index is 457. The molecule has 22 heavy (non-hydrogen) atoms. The number of alkyl carbamates (subject to hydrolysis) is 1. The van der Waals surface area contributed by atoms with Gasteiger partial charge in [-0.3, -0.25) is 0 Å². The standard InChI is InChI=1S/C15H27N3O3S/c1-6-20-9-12(7-17-14(19)21-15(3,4)5)16-8-13-11(2)18-10-22-13/h10,12,16H,6-9H2,1-5H3,(H,17,19). The molecule has 1 aromatic heterocycles. The number of aromatic nitrogens is 1. The van der Waals surface area contributed by atoms with Crippen LogP contribution in [0.25, 0.3) is 0 Å². The lowest BCUT2D eigenvalue weighted by Gasteiger charge is -2.22. The van der Waals surface area contributed by atoms with Crippen LogP contribution in [0.1, 0.15) is 38.3 Å². The molecular formula is C15H27N3O3S. The van der Waals surface area contributed by atoms with E-state index in [2.05, 4.69) is 15.6 Å². The minimum atomic E-state index is -0.493. The summed E-state index contributed by atoms with van der Waals surface area (Å²) in [5.41, 5.74) is 2.38. The molecule has 2 N–H and O–H groups in total. The molecule has 1 rings (SSSR count). The van der Waals surface area contributed by atoms with Crippen molar-refractivity contribution in [2.24, 2.45) is 0 Å². The first-order chi connectivity index (χ1) is 10.3. The summed E-state index contributed by atoms with van der Waals surface area (Å²) >= 11 is 1.62. The molecule has 0 saturated carbocycles. The fourth-order valence-corrected chi connectivity index (χ4v) is 2.43. The summed E-state index contributed by atoms with van der Waals surface area (Å²) in [5.74, 6) is 0. The van der Waals surface area contributed by atoms with Gasteiger partial charge in [-0.25, -0.2) is 9.78 Å². The number of rotatable bonds is 8. The molecule has 1 unspecified atom stereocenters. The van der Waals surface area contributed by atoms with E-state index in [1.54, 1.807) is 11.3 Å². The molecule has 1 atom stereocenters. The second kappa shape index (κ2) is 9.07. The number of hydrogen-bond acceptors (Lipinski definition) is 6. The Morgan fingerprint density at radius 2 is 2.18 bits per heavy atom. The molecule has 1 heterocycles. The molecule has 0 aliphatic rings. The summed E-state index contributed by atoms with van der Waals surface area (Å²) in [6.07, 6.45) is -0.412.